The molecule has 0 radical (unpaired) electrons. The van der Waals surface area contributed by atoms with Gasteiger partial charge in [-0.15, -0.1) is 0 Å². The van der Waals surface area contributed by atoms with Crippen molar-refractivity contribution in [3.05, 3.63) is 47.5 Å². The molecule has 5 heteroatoms. The highest BCUT2D eigenvalue weighted by molar-refractivity contribution is 5.96. The van der Waals surface area contributed by atoms with E-state index in [0.717, 1.165) is 29.7 Å². The lowest BCUT2D eigenvalue weighted by Gasteiger charge is -2.27. The second kappa shape index (κ2) is 6.83. The van der Waals surface area contributed by atoms with Crippen LogP contribution in [0.4, 0.5) is 5.69 Å². The van der Waals surface area contributed by atoms with Crippen molar-refractivity contribution < 1.29 is 19.7 Å². The summed E-state index contributed by atoms with van der Waals surface area (Å²) in [6.07, 6.45) is 2.28. The Balaban J connectivity index is 2.01. The summed E-state index contributed by atoms with van der Waals surface area (Å²) in [5.74, 6) is -0.0374. The van der Waals surface area contributed by atoms with Crippen LogP contribution in [0.5, 0.6) is 17.2 Å². The number of nitrogens with one attached hydrogen (secondary N) is 1. The molecule has 2 aromatic rings. The molecular weight excluding hydrogens is 306 g/mol. The number of unbranched alkanes of at least 4 members (excludes halogenated alkanes) is 1. The van der Waals surface area contributed by atoms with Gasteiger partial charge in [0.05, 0.1) is 6.61 Å². The van der Waals surface area contributed by atoms with Crippen LogP contribution in [-0.2, 0) is 4.79 Å². The van der Waals surface area contributed by atoms with Crippen molar-refractivity contribution >= 4 is 11.6 Å². The van der Waals surface area contributed by atoms with Gasteiger partial charge in [0.1, 0.15) is 5.75 Å². The largest absolute Gasteiger partial charge is 0.504 e. The zero-order valence-electron chi connectivity index (χ0n) is 13.6. The Morgan fingerprint density at radius 2 is 1.92 bits per heavy atom. The fourth-order valence-corrected chi connectivity index (χ4v) is 2.99. The number of hydrogen-bond acceptors (Lipinski definition) is 4. The molecule has 1 unspecified atom stereocenters. The maximum absolute atomic E-state index is 12.1. The Bertz CT molecular complexity index is 757. The predicted molar refractivity (Wildman–Crippen MR) is 91.7 cm³/mol. The number of hydrogen-bond donors (Lipinski definition) is 3. The van der Waals surface area contributed by atoms with Crippen LogP contribution in [0.1, 0.15) is 43.2 Å². The van der Waals surface area contributed by atoms with Crippen LogP contribution < -0.4 is 10.1 Å². The minimum Gasteiger partial charge on any atom is -0.504 e. The first-order valence-corrected chi connectivity index (χ1v) is 8.17. The lowest BCUT2D eigenvalue weighted by atomic mass is 9.84. The SMILES string of the molecule is CCCCOc1ccccc1C1CC(=O)Nc2cc(O)c(O)cc21. The number of carbonyl (C=O) groups excluding carboxylic acids is 1. The van der Waals surface area contributed by atoms with E-state index in [-0.39, 0.29) is 29.7 Å². The van der Waals surface area contributed by atoms with Gasteiger partial charge in [0.15, 0.2) is 11.5 Å². The predicted octanol–water partition coefficient (Wildman–Crippen LogP) is 3.75. The summed E-state index contributed by atoms with van der Waals surface area (Å²) in [6, 6.07) is 10.6. The number of para-hydroxylation sites is 1. The third kappa shape index (κ3) is 3.15. The summed E-state index contributed by atoms with van der Waals surface area (Å²) >= 11 is 0. The molecule has 126 valence electrons. The molecule has 0 saturated heterocycles. The van der Waals surface area contributed by atoms with Gasteiger partial charge in [-0.3, -0.25) is 4.79 Å². The topological polar surface area (TPSA) is 78.8 Å². The molecular formula is C19H21NO4. The number of amides is 1. The molecule has 1 aliphatic rings. The Morgan fingerprint density at radius 3 is 2.71 bits per heavy atom. The summed E-state index contributed by atoms with van der Waals surface area (Å²) in [5, 5.41) is 22.3. The minimum absolute atomic E-state index is 0.124. The highest BCUT2D eigenvalue weighted by Gasteiger charge is 2.29. The monoisotopic (exact) mass is 327 g/mol. The summed E-state index contributed by atoms with van der Waals surface area (Å²) in [5.41, 5.74) is 2.21. The van der Waals surface area contributed by atoms with Gasteiger partial charge in [-0.05, 0) is 24.1 Å². The van der Waals surface area contributed by atoms with Gasteiger partial charge < -0.3 is 20.3 Å². The van der Waals surface area contributed by atoms with E-state index in [1.807, 2.05) is 24.3 Å². The van der Waals surface area contributed by atoms with E-state index < -0.39 is 0 Å². The third-order valence-electron chi connectivity index (χ3n) is 4.24. The number of rotatable bonds is 5. The van der Waals surface area contributed by atoms with Crippen molar-refractivity contribution in [3.63, 3.8) is 0 Å². The maximum Gasteiger partial charge on any atom is 0.225 e. The molecule has 1 amide bonds. The molecule has 0 saturated carbocycles. The van der Waals surface area contributed by atoms with Crippen LogP contribution in [0.15, 0.2) is 36.4 Å². The number of ether oxygens (including phenoxy) is 1. The van der Waals surface area contributed by atoms with Crippen molar-refractivity contribution in [1.82, 2.24) is 0 Å². The molecule has 0 fully saturated rings. The van der Waals surface area contributed by atoms with Crippen molar-refractivity contribution in [2.75, 3.05) is 11.9 Å². The number of anilines is 1. The number of phenols is 2. The standard InChI is InChI=1S/C19H21NO4/c1-2-3-8-24-18-7-5-4-6-12(18)13-10-19(23)20-15-11-17(22)16(21)9-14(13)15/h4-7,9,11,13,21-22H,2-3,8,10H2,1H3,(H,20,23). The molecule has 3 N–H and O–H groups in total. The van der Waals surface area contributed by atoms with Gasteiger partial charge in [-0.25, -0.2) is 0 Å². The second-order valence-electron chi connectivity index (χ2n) is 5.97. The fraction of sp³-hybridized carbons (Fsp3) is 0.316. The zero-order chi connectivity index (χ0) is 17.1. The summed E-state index contributed by atoms with van der Waals surface area (Å²) < 4.78 is 5.89. The number of fused-ring (bicyclic) bond motifs is 1. The minimum atomic E-state index is -0.248. The molecule has 0 spiro atoms. The summed E-state index contributed by atoms with van der Waals surface area (Å²) in [6.45, 7) is 2.73. The average Bonchev–Trinajstić information content (AvgIpc) is 2.56. The molecule has 0 bridgehead atoms. The first-order valence-electron chi connectivity index (χ1n) is 8.17. The lowest BCUT2D eigenvalue weighted by Crippen LogP contribution is -2.23. The van der Waals surface area contributed by atoms with E-state index in [1.165, 1.54) is 12.1 Å². The Morgan fingerprint density at radius 1 is 1.17 bits per heavy atom. The van der Waals surface area contributed by atoms with Crippen LogP contribution in [0.3, 0.4) is 0 Å². The molecule has 3 rings (SSSR count). The highest BCUT2D eigenvalue weighted by atomic mass is 16.5. The molecule has 0 aliphatic carbocycles. The fourth-order valence-electron chi connectivity index (χ4n) is 2.99. The van der Waals surface area contributed by atoms with Gasteiger partial charge in [-0.1, -0.05) is 31.5 Å². The average molecular weight is 327 g/mol. The number of phenolic OH excluding ortho intramolecular Hbond substituents is 2. The Labute approximate surface area is 140 Å². The number of aromatic hydroxyl groups is 2. The molecule has 1 atom stereocenters. The number of benzene rings is 2. The number of carbonyl (C=O) groups is 1. The molecule has 2 aromatic carbocycles. The molecule has 5 nitrogen and oxygen atoms in total. The normalized spacial score (nSPS) is 16.4. The van der Waals surface area contributed by atoms with Crippen LogP contribution >= 0.6 is 0 Å². The molecule has 1 aliphatic heterocycles. The molecule has 1 heterocycles. The summed E-state index contributed by atoms with van der Waals surface area (Å²) in [4.78, 5) is 12.1. The van der Waals surface area contributed by atoms with E-state index in [2.05, 4.69) is 12.2 Å². The maximum atomic E-state index is 12.1. The van der Waals surface area contributed by atoms with Crippen LogP contribution in [0, 0.1) is 0 Å². The second-order valence-corrected chi connectivity index (χ2v) is 5.97. The van der Waals surface area contributed by atoms with Gasteiger partial charge in [-0.2, -0.15) is 0 Å². The molecule has 24 heavy (non-hydrogen) atoms. The van der Waals surface area contributed by atoms with Crippen molar-refractivity contribution in [3.8, 4) is 17.2 Å². The quantitative estimate of drug-likeness (QED) is 0.444. The Hall–Kier alpha value is -2.69. The van der Waals surface area contributed by atoms with E-state index in [9.17, 15) is 15.0 Å². The van der Waals surface area contributed by atoms with Crippen LogP contribution in [0.25, 0.3) is 0 Å². The van der Waals surface area contributed by atoms with Crippen molar-refractivity contribution in [2.45, 2.75) is 32.1 Å². The smallest absolute Gasteiger partial charge is 0.225 e. The first kappa shape index (κ1) is 16.2. The third-order valence-corrected chi connectivity index (χ3v) is 4.24. The van der Waals surface area contributed by atoms with E-state index >= 15 is 0 Å². The van der Waals surface area contributed by atoms with E-state index in [1.54, 1.807) is 0 Å². The van der Waals surface area contributed by atoms with Crippen LogP contribution in [0.2, 0.25) is 0 Å². The zero-order valence-corrected chi connectivity index (χ0v) is 13.6. The van der Waals surface area contributed by atoms with Gasteiger partial charge >= 0.3 is 0 Å². The first-order chi connectivity index (χ1) is 11.6. The Kier molecular flexibility index (Phi) is 4.60. The van der Waals surface area contributed by atoms with Crippen molar-refractivity contribution in [2.24, 2.45) is 0 Å². The van der Waals surface area contributed by atoms with Gasteiger partial charge in [0.2, 0.25) is 5.91 Å². The molecule has 0 aromatic heterocycles. The van der Waals surface area contributed by atoms with E-state index in [0.29, 0.717) is 12.3 Å². The summed E-state index contributed by atoms with van der Waals surface area (Å²) in [7, 11) is 0. The van der Waals surface area contributed by atoms with Crippen LogP contribution in [-0.4, -0.2) is 22.7 Å². The van der Waals surface area contributed by atoms with E-state index in [4.69, 9.17) is 4.74 Å². The van der Waals surface area contributed by atoms with Gasteiger partial charge in [0.25, 0.3) is 0 Å². The highest BCUT2D eigenvalue weighted by Crippen LogP contribution is 2.44. The van der Waals surface area contributed by atoms with Crippen molar-refractivity contribution in [1.29, 1.82) is 0 Å². The lowest BCUT2D eigenvalue weighted by molar-refractivity contribution is -0.116. The van der Waals surface area contributed by atoms with Gasteiger partial charge in [0, 0.05) is 29.7 Å².